The molecule has 282 valence electrons. The molecular formula is C40H47N3O7S3. The first-order valence-corrected chi connectivity index (χ1v) is 22.6. The highest BCUT2D eigenvalue weighted by Gasteiger charge is 2.40. The third-order valence-electron chi connectivity index (χ3n) is 10.5. The molecule has 4 aromatic carbocycles. The molecule has 3 unspecified atom stereocenters. The standard InChI is InChI=1S/C40H47N3O7S3/c1-26(2)53(49,50)43(40-23-35-16-14-32(19-37(35)24-40)30-10-7-9-29(17-30)28(4)44)25-27(3)52(47,48)41-38-20-34-15-13-33(18-36(34)21-38)31-11-8-12-39(22-31)42(5)51(6,45)46/h7-19,22,26-27,38,40-41H,20-21,23-25H2,1-6H3. The average molecular weight is 778 g/mol. The molecule has 0 spiro atoms. The predicted octanol–water partition coefficient (Wildman–Crippen LogP) is 5.60. The number of benzene rings is 4. The monoisotopic (exact) mass is 777 g/mol. The largest absolute Gasteiger partial charge is 0.295 e. The highest BCUT2D eigenvalue weighted by molar-refractivity contribution is 7.92. The molecule has 0 bridgehead atoms. The summed E-state index contributed by atoms with van der Waals surface area (Å²) in [5.41, 5.74) is 8.80. The average Bonchev–Trinajstić information content (AvgIpc) is 3.71. The summed E-state index contributed by atoms with van der Waals surface area (Å²) in [6.45, 7) is 6.15. The van der Waals surface area contributed by atoms with Crippen molar-refractivity contribution in [1.29, 1.82) is 0 Å². The summed E-state index contributed by atoms with van der Waals surface area (Å²) < 4.78 is 85.0. The molecule has 2 aliphatic rings. The van der Waals surface area contributed by atoms with E-state index in [0.717, 1.165) is 50.8 Å². The summed E-state index contributed by atoms with van der Waals surface area (Å²) in [6, 6.07) is 25.9. The first-order chi connectivity index (χ1) is 24.8. The van der Waals surface area contributed by atoms with Gasteiger partial charge in [0.2, 0.25) is 30.1 Å². The Morgan fingerprint density at radius 1 is 0.717 bits per heavy atom. The molecule has 53 heavy (non-hydrogen) atoms. The second-order valence-corrected chi connectivity index (χ2v) is 21.3. The van der Waals surface area contributed by atoms with Gasteiger partial charge in [-0.05, 0) is 116 Å². The van der Waals surface area contributed by atoms with Crippen LogP contribution in [0.25, 0.3) is 22.3 Å². The quantitative estimate of drug-likeness (QED) is 0.175. The second kappa shape index (κ2) is 14.7. The van der Waals surface area contributed by atoms with Gasteiger partial charge in [-0.2, -0.15) is 4.31 Å². The molecule has 6 rings (SSSR count). The van der Waals surface area contributed by atoms with Gasteiger partial charge in [-0.3, -0.25) is 9.10 Å². The highest BCUT2D eigenvalue weighted by Crippen LogP contribution is 2.34. The maximum absolute atomic E-state index is 13.8. The van der Waals surface area contributed by atoms with Gasteiger partial charge in [-0.25, -0.2) is 30.0 Å². The van der Waals surface area contributed by atoms with E-state index in [4.69, 9.17) is 0 Å². The molecule has 0 amide bonds. The minimum atomic E-state index is -3.93. The third kappa shape index (κ3) is 8.29. The van der Waals surface area contributed by atoms with Crippen LogP contribution in [0.4, 0.5) is 5.69 Å². The molecule has 0 aromatic heterocycles. The van der Waals surface area contributed by atoms with Crippen LogP contribution in [0.3, 0.4) is 0 Å². The molecule has 2 aliphatic carbocycles. The van der Waals surface area contributed by atoms with Crippen LogP contribution in [-0.4, -0.2) is 77.8 Å². The number of Topliss-reactive ketones (excluding diaryl/α,β-unsaturated/α-hetero) is 1. The van der Waals surface area contributed by atoms with Gasteiger partial charge >= 0.3 is 0 Å². The van der Waals surface area contributed by atoms with Crippen molar-refractivity contribution < 1.29 is 30.0 Å². The van der Waals surface area contributed by atoms with Gasteiger partial charge in [0.05, 0.1) is 22.4 Å². The van der Waals surface area contributed by atoms with Crippen LogP contribution in [0.15, 0.2) is 84.9 Å². The van der Waals surface area contributed by atoms with Crippen LogP contribution in [0.1, 0.15) is 60.3 Å². The Balaban J connectivity index is 1.16. The van der Waals surface area contributed by atoms with Crippen LogP contribution in [0, 0.1) is 0 Å². The fraction of sp³-hybridized carbons (Fsp3) is 0.375. The first kappa shape index (κ1) is 38.8. The van der Waals surface area contributed by atoms with Crippen molar-refractivity contribution in [3.63, 3.8) is 0 Å². The van der Waals surface area contributed by atoms with Gasteiger partial charge in [0.25, 0.3) is 0 Å². The number of carbonyl (C=O) groups is 1. The lowest BCUT2D eigenvalue weighted by Crippen LogP contribution is -2.51. The number of nitrogens with zero attached hydrogens (tertiary/aromatic N) is 2. The second-order valence-electron chi connectivity index (χ2n) is 14.7. The van der Waals surface area contributed by atoms with E-state index in [0.29, 0.717) is 36.9 Å². The SMILES string of the molecule is CC(=O)c1cccc(-c2ccc3c(c2)CC(N(CC(C)S(=O)(=O)NC2Cc4ccc(-c5cccc(N(C)S(C)(=O)=O)c5)cc4C2)S(=O)(=O)C(C)C)C3)c1. The number of fused-ring (bicyclic) bond motifs is 2. The number of sulfonamides is 3. The Bertz CT molecular complexity index is 2390. The number of ketones is 1. The maximum Gasteiger partial charge on any atom is 0.231 e. The van der Waals surface area contributed by atoms with Crippen LogP contribution in [0.5, 0.6) is 0 Å². The Morgan fingerprint density at radius 2 is 1.25 bits per heavy atom. The molecule has 0 saturated heterocycles. The smallest absolute Gasteiger partial charge is 0.231 e. The maximum atomic E-state index is 13.8. The van der Waals surface area contributed by atoms with E-state index in [1.165, 1.54) is 22.6 Å². The fourth-order valence-corrected chi connectivity index (χ4v) is 10.6. The lowest BCUT2D eigenvalue weighted by atomic mass is 9.98. The molecule has 10 nitrogen and oxygen atoms in total. The predicted molar refractivity (Wildman–Crippen MR) is 212 cm³/mol. The number of rotatable bonds is 13. The summed E-state index contributed by atoms with van der Waals surface area (Å²) in [4.78, 5) is 12.0. The molecule has 4 aromatic rings. The lowest BCUT2D eigenvalue weighted by Gasteiger charge is -2.32. The van der Waals surface area contributed by atoms with E-state index in [9.17, 15) is 30.0 Å². The number of nitrogens with one attached hydrogen (secondary N) is 1. The summed E-state index contributed by atoms with van der Waals surface area (Å²) >= 11 is 0. The highest BCUT2D eigenvalue weighted by atomic mass is 32.2. The molecule has 0 radical (unpaired) electrons. The normalized spacial score (nSPS) is 17.9. The minimum absolute atomic E-state index is 0.0207. The molecule has 0 fully saturated rings. The molecule has 3 atom stereocenters. The summed E-state index contributed by atoms with van der Waals surface area (Å²) in [5.74, 6) is -0.0207. The van der Waals surface area contributed by atoms with Gasteiger partial charge in [-0.15, -0.1) is 0 Å². The summed E-state index contributed by atoms with van der Waals surface area (Å²) in [6.07, 6.45) is 3.06. The number of carbonyl (C=O) groups excluding carboxylic acids is 1. The van der Waals surface area contributed by atoms with Crippen molar-refractivity contribution in [3.05, 3.63) is 113 Å². The van der Waals surface area contributed by atoms with Gasteiger partial charge in [0.15, 0.2) is 5.78 Å². The van der Waals surface area contributed by atoms with Crippen LogP contribution in [0.2, 0.25) is 0 Å². The number of hydrogen-bond donors (Lipinski definition) is 1. The van der Waals surface area contributed by atoms with Crippen molar-refractivity contribution in [1.82, 2.24) is 9.03 Å². The lowest BCUT2D eigenvalue weighted by molar-refractivity contribution is 0.101. The van der Waals surface area contributed by atoms with Crippen LogP contribution >= 0.6 is 0 Å². The molecule has 0 saturated carbocycles. The molecule has 0 heterocycles. The van der Waals surface area contributed by atoms with Crippen molar-refractivity contribution >= 4 is 41.5 Å². The van der Waals surface area contributed by atoms with Crippen LogP contribution in [-0.2, 0) is 55.8 Å². The van der Waals surface area contributed by atoms with E-state index in [2.05, 4.69) is 4.72 Å². The van der Waals surface area contributed by atoms with Gasteiger partial charge in [-0.1, -0.05) is 66.7 Å². The Labute approximate surface area is 314 Å². The number of hydrogen-bond acceptors (Lipinski definition) is 7. The van der Waals surface area contributed by atoms with E-state index in [1.54, 1.807) is 39.0 Å². The van der Waals surface area contributed by atoms with E-state index < -0.39 is 46.6 Å². The van der Waals surface area contributed by atoms with Gasteiger partial charge in [0.1, 0.15) is 0 Å². The topological polar surface area (TPSA) is 138 Å². The minimum Gasteiger partial charge on any atom is -0.295 e. The van der Waals surface area contributed by atoms with Crippen molar-refractivity contribution in [2.24, 2.45) is 0 Å². The zero-order chi connectivity index (χ0) is 38.5. The van der Waals surface area contributed by atoms with Gasteiger partial charge in [0, 0.05) is 31.2 Å². The third-order valence-corrected chi connectivity index (χ3v) is 15.9. The molecular weight excluding hydrogens is 731 g/mol. The van der Waals surface area contributed by atoms with Crippen molar-refractivity contribution in [3.8, 4) is 22.3 Å². The van der Waals surface area contributed by atoms with E-state index in [-0.39, 0.29) is 18.4 Å². The van der Waals surface area contributed by atoms with Gasteiger partial charge < -0.3 is 0 Å². The summed E-state index contributed by atoms with van der Waals surface area (Å²) in [5, 5.41) is -1.75. The Kier molecular flexibility index (Phi) is 10.8. The van der Waals surface area contributed by atoms with E-state index in [1.807, 2.05) is 66.7 Å². The van der Waals surface area contributed by atoms with Crippen molar-refractivity contribution in [2.45, 2.75) is 76.0 Å². The molecule has 0 aliphatic heterocycles. The van der Waals surface area contributed by atoms with Crippen LogP contribution < -0.4 is 9.03 Å². The van der Waals surface area contributed by atoms with E-state index >= 15 is 0 Å². The Morgan fingerprint density at radius 3 is 1.85 bits per heavy atom. The zero-order valence-electron chi connectivity index (χ0n) is 30.9. The van der Waals surface area contributed by atoms with Crippen molar-refractivity contribution in [2.75, 3.05) is 24.2 Å². The Hall–Kier alpha value is -3.88. The zero-order valence-corrected chi connectivity index (χ0v) is 33.4. The molecule has 1 N–H and O–H groups in total. The molecule has 13 heteroatoms. The fourth-order valence-electron chi connectivity index (χ4n) is 7.28. The number of anilines is 1. The first-order valence-electron chi connectivity index (χ1n) is 17.7. The summed E-state index contributed by atoms with van der Waals surface area (Å²) in [7, 11) is -9.67.